The van der Waals surface area contributed by atoms with Gasteiger partial charge in [-0.3, -0.25) is 9.48 Å². The van der Waals surface area contributed by atoms with E-state index in [9.17, 15) is 4.79 Å². The Balaban J connectivity index is 1.64. The van der Waals surface area contributed by atoms with Gasteiger partial charge in [0.15, 0.2) is 11.6 Å². The summed E-state index contributed by atoms with van der Waals surface area (Å²) in [5.74, 6) is 2.12. The second-order valence-corrected chi connectivity index (χ2v) is 7.84. The van der Waals surface area contributed by atoms with Crippen LogP contribution in [0.1, 0.15) is 36.5 Å². The van der Waals surface area contributed by atoms with Gasteiger partial charge in [0.05, 0.1) is 25.6 Å². The van der Waals surface area contributed by atoms with Gasteiger partial charge in [0, 0.05) is 37.7 Å². The SMILES string of the molecule is CCC(C)Cc1nc(-c2ccc(C(=O)N3CCOCC3)cc2)n(-c2cnn(C)c2)n1. The summed E-state index contributed by atoms with van der Waals surface area (Å²) in [6.45, 7) is 6.84. The van der Waals surface area contributed by atoms with Gasteiger partial charge in [-0.25, -0.2) is 9.67 Å². The van der Waals surface area contributed by atoms with Crippen molar-refractivity contribution in [2.75, 3.05) is 26.3 Å². The number of ether oxygens (including phenoxy) is 1. The minimum absolute atomic E-state index is 0.0380. The van der Waals surface area contributed by atoms with Crippen molar-refractivity contribution in [3.63, 3.8) is 0 Å². The number of benzene rings is 1. The van der Waals surface area contributed by atoms with Gasteiger partial charge >= 0.3 is 0 Å². The fraction of sp³-hybridized carbons (Fsp3) is 0.455. The van der Waals surface area contributed by atoms with E-state index in [1.165, 1.54) is 0 Å². The van der Waals surface area contributed by atoms with E-state index >= 15 is 0 Å². The maximum Gasteiger partial charge on any atom is 0.254 e. The lowest BCUT2D eigenvalue weighted by Crippen LogP contribution is -2.40. The lowest BCUT2D eigenvalue weighted by molar-refractivity contribution is 0.0303. The Kier molecular flexibility index (Phi) is 5.94. The first-order valence-electron chi connectivity index (χ1n) is 10.5. The van der Waals surface area contributed by atoms with Gasteiger partial charge < -0.3 is 9.64 Å². The summed E-state index contributed by atoms with van der Waals surface area (Å²) in [5, 5.41) is 9.02. The largest absolute Gasteiger partial charge is 0.378 e. The first-order chi connectivity index (χ1) is 14.5. The Hall–Kier alpha value is -3.00. The molecule has 0 radical (unpaired) electrons. The van der Waals surface area contributed by atoms with E-state index < -0.39 is 0 Å². The van der Waals surface area contributed by atoms with Crippen molar-refractivity contribution < 1.29 is 9.53 Å². The van der Waals surface area contributed by atoms with Gasteiger partial charge in [-0.2, -0.15) is 10.2 Å². The smallest absolute Gasteiger partial charge is 0.254 e. The molecule has 3 aromatic rings. The van der Waals surface area contributed by atoms with Gasteiger partial charge in [0.1, 0.15) is 5.69 Å². The first kappa shape index (κ1) is 20.3. The van der Waals surface area contributed by atoms with Crippen LogP contribution in [0.15, 0.2) is 36.7 Å². The van der Waals surface area contributed by atoms with Gasteiger partial charge in [-0.15, -0.1) is 0 Å². The van der Waals surface area contributed by atoms with E-state index in [0.29, 0.717) is 37.8 Å². The summed E-state index contributed by atoms with van der Waals surface area (Å²) in [6, 6.07) is 7.61. The molecule has 1 aromatic carbocycles. The first-order valence-corrected chi connectivity index (χ1v) is 10.5. The number of carbonyl (C=O) groups excluding carboxylic acids is 1. The molecule has 1 atom stereocenters. The number of aryl methyl sites for hydroxylation is 1. The van der Waals surface area contributed by atoms with Crippen LogP contribution >= 0.6 is 0 Å². The van der Waals surface area contributed by atoms with Crippen molar-refractivity contribution in [2.24, 2.45) is 13.0 Å². The summed E-state index contributed by atoms with van der Waals surface area (Å²) in [6.07, 6.45) is 5.60. The van der Waals surface area contributed by atoms with Crippen LogP contribution in [-0.2, 0) is 18.2 Å². The summed E-state index contributed by atoms with van der Waals surface area (Å²) in [4.78, 5) is 19.4. The molecule has 0 saturated carbocycles. The molecule has 1 saturated heterocycles. The summed E-state index contributed by atoms with van der Waals surface area (Å²) >= 11 is 0. The molecule has 158 valence electrons. The van der Waals surface area contributed by atoms with Gasteiger partial charge in [-0.1, -0.05) is 32.4 Å². The predicted molar refractivity (Wildman–Crippen MR) is 113 cm³/mol. The number of amides is 1. The van der Waals surface area contributed by atoms with Gasteiger partial charge in [0.25, 0.3) is 5.91 Å². The number of morpholine rings is 1. The molecule has 0 spiro atoms. The molecular formula is C22H28N6O2. The number of nitrogens with zero attached hydrogens (tertiary/aromatic N) is 6. The van der Waals surface area contributed by atoms with E-state index in [-0.39, 0.29) is 5.91 Å². The molecular weight excluding hydrogens is 380 g/mol. The molecule has 2 aromatic heterocycles. The molecule has 0 bridgehead atoms. The zero-order valence-corrected chi connectivity index (χ0v) is 17.8. The molecule has 8 nitrogen and oxygen atoms in total. The minimum Gasteiger partial charge on any atom is -0.378 e. The van der Waals surface area contributed by atoms with Crippen molar-refractivity contribution in [3.8, 4) is 17.1 Å². The van der Waals surface area contributed by atoms with E-state index in [4.69, 9.17) is 14.8 Å². The zero-order chi connectivity index (χ0) is 21.1. The van der Waals surface area contributed by atoms with E-state index in [0.717, 1.165) is 35.7 Å². The monoisotopic (exact) mass is 408 g/mol. The van der Waals surface area contributed by atoms with E-state index in [2.05, 4.69) is 18.9 Å². The molecule has 3 heterocycles. The van der Waals surface area contributed by atoms with Crippen LogP contribution in [0.5, 0.6) is 0 Å². The average Bonchev–Trinajstić information content (AvgIpc) is 3.40. The van der Waals surface area contributed by atoms with E-state index in [1.54, 1.807) is 10.9 Å². The highest BCUT2D eigenvalue weighted by atomic mass is 16.5. The molecule has 4 rings (SSSR count). The van der Waals surface area contributed by atoms with Crippen LogP contribution in [0, 0.1) is 5.92 Å². The van der Waals surface area contributed by atoms with Crippen LogP contribution < -0.4 is 0 Å². The molecule has 0 aliphatic carbocycles. The maximum absolute atomic E-state index is 12.7. The van der Waals surface area contributed by atoms with Crippen LogP contribution in [0.2, 0.25) is 0 Å². The normalized spacial score (nSPS) is 15.4. The quantitative estimate of drug-likeness (QED) is 0.627. The topological polar surface area (TPSA) is 78.1 Å². The van der Waals surface area contributed by atoms with Crippen LogP contribution in [0.25, 0.3) is 17.1 Å². The molecule has 1 aliphatic rings. The Morgan fingerprint density at radius 1 is 1.20 bits per heavy atom. The van der Waals surface area contributed by atoms with Crippen molar-refractivity contribution in [1.29, 1.82) is 0 Å². The third kappa shape index (κ3) is 4.28. The molecule has 1 fully saturated rings. The lowest BCUT2D eigenvalue weighted by atomic mass is 10.1. The third-order valence-corrected chi connectivity index (χ3v) is 5.50. The fourth-order valence-electron chi connectivity index (χ4n) is 3.49. The zero-order valence-electron chi connectivity index (χ0n) is 17.8. The van der Waals surface area contributed by atoms with Crippen molar-refractivity contribution >= 4 is 5.91 Å². The number of hydrogen-bond donors (Lipinski definition) is 0. The molecule has 0 N–H and O–H groups in total. The Bertz CT molecular complexity index is 1000. The number of hydrogen-bond acceptors (Lipinski definition) is 5. The third-order valence-electron chi connectivity index (χ3n) is 5.50. The number of aromatic nitrogens is 5. The highest BCUT2D eigenvalue weighted by Crippen LogP contribution is 2.23. The minimum atomic E-state index is 0.0380. The Morgan fingerprint density at radius 3 is 2.57 bits per heavy atom. The molecule has 1 aliphatic heterocycles. The van der Waals surface area contributed by atoms with Crippen LogP contribution in [0.4, 0.5) is 0 Å². The molecule has 8 heteroatoms. The van der Waals surface area contributed by atoms with Crippen molar-refractivity contribution in [2.45, 2.75) is 26.7 Å². The highest BCUT2D eigenvalue weighted by Gasteiger charge is 2.20. The highest BCUT2D eigenvalue weighted by molar-refractivity contribution is 5.94. The number of carbonyl (C=O) groups is 1. The van der Waals surface area contributed by atoms with Crippen molar-refractivity contribution in [3.05, 3.63) is 48.0 Å². The molecule has 1 unspecified atom stereocenters. The lowest BCUT2D eigenvalue weighted by Gasteiger charge is -2.26. The van der Waals surface area contributed by atoms with E-state index in [1.807, 2.05) is 47.1 Å². The average molecular weight is 409 g/mol. The summed E-state index contributed by atoms with van der Waals surface area (Å²) in [7, 11) is 1.88. The second kappa shape index (κ2) is 8.79. The predicted octanol–water partition coefficient (Wildman–Crippen LogP) is 2.73. The number of rotatable bonds is 6. The summed E-state index contributed by atoms with van der Waals surface area (Å²) in [5.41, 5.74) is 2.46. The molecule has 1 amide bonds. The Morgan fingerprint density at radius 2 is 1.93 bits per heavy atom. The van der Waals surface area contributed by atoms with Crippen molar-refractivity contribution in [1.82, 2.24) is 29.4 Å². The van der Waals surface area contributed by atoms with Gasteiger partial charge in [0.2, 0.25) is 0 Å². The summed E-state index contributed by atoms with van der Waals surface area (Å²) < 4.78 is 8.92. The fourth-order valence-corrected chi connectivity index (χ4v) is 3.49. The molecule has 30 heavy (non-hydrogen) atoms. The standard InChI is InChI=1S/C22H28N6O2/c1-4-16(2)13-20-24-21(28(25-20)19-14-23-26(3)15-19)17-5-7-18(8-6-17)22(29)27-9-11-30-12-10-27/h5-8,14-16H,4,9-13H2,1-3H3. The second-order valence-electron chi connectivity index (χ2n) is 7.84. The van der Waals surface area contributed by atoms with Crippen LogP contribution in [-0.4, -0.2) is 61.7 Å². The van der Waals surface area contributed by atoms with Gasteiger partial charge in [-0.05, 0) is 18.1 Å². The maximum atomic E-state index is 12.7. The van der Waals surface area contributed by atoms with Crippen LogP contribution in [0.3, 0.4) is 0 Å². The Labute approximate surface area is 176 Å².